The summed E-state index contributed by atoms with van der Waals surface area (Å²) in [4.78, 5) is 25.1. The number of carbonyl (C=O) groups excluding carboxylic acids is 1. The number of rotatable bonds is 3. The maximum atomic E-state index is 12.0. The zero-order valence-corrected chi connectivity index (χ0v) is 13.2. The molecule has 0 saturated heterocycles. The van der Waals surface area contributed by atoms with Crippen molar-refractivity contribution in [1.29, 1.82) is 0 Å². The minimum absolute atomic E-state index is 0.0975. The molecule has 1 N–H and O–H groups in total. The molecule has 4 nitrogen and oxygen atoms in total. The van der Waals surface area contributed by atoms with Gasteiger partial charge in [-0.3, -0.25) is 9.59 Å². The van der Waals surface area contributed by atoms with Crippen LogP contribution in [-0.4, -0.2) is 23.4 Å². The molecule has 0 aliphatic carbocycles. The molecule has 4 heteroatoms. The second-order valence-corrected chi connectivity index (χ2v) is 6.15. The topological polar surface area (TPSA) is 57.6 Å². The van der Waals surface area contributed by atoms with Crippen LogP contribution in [0.4, 0.5) is 5.69 Å². The van der Waals surface area contributed by atoms with Crippen molar-refractivity contribution >= 4 is 23.1 Å². The van der Waals surface area contributed by atoms with Gasteiger partial charge in [-0.1, -0.05) is 36.4 Å². The highest BCUT2D eigenvalue weighted by Crippen LogP contribution is 2.46. The van der Waals surface area contributed by atoms with Gasteiger partial charge in [0.15, 0.2) is 5.78 Å². The van der Waals surface area contributed by atoms with Crippen LogP contribution in [0.3, 0.4) is 0 Å². The molecule has 120 valence electrons. The number of para-hydroxylation sites is 1. The predicted molar refractivity (Wildman–Crippen MR) is 92.8 cm³/mol. The third-order valence-corrected chi connectivity index (χ3v) is 4.67. The van der Waals surface area contributed by atoms with Gasteiger partial charge in [0, 0.05) is 42.3 Å². The van der Waals surface area contributed by atoms with Crippen LogP contribution in [0.5, 0.6) is 0 Å². The molecule has 2 aromatic carbocycles. The minimum atomic E-state index is -0.801. The minimum Gasteiger partial charge on any atom is -0.481 e. The molecular formula is C20H17NO3. The van der Waals surface area contributed by atoms with Crippen LogP contribution in [0.1, 0.15) is 24.0 Å². The standard InChI is InChI=1S/C20H17NO3/c22-14-10-11-21-17-7-2-1-5-15(17)20-13(8-9-19(23)24)4-3-6-16(20)18(21)12-14/h1-7,12H,8-11H2,(H,23,24). The lowest BCUT2D eigenvalue weighted by molar-refractivity contribution is -0.137. The molecule has 24 heavy (non-hydrogen) atoms. The Labute approximate surface area is 140 Å². The molecule has 0 radical (unpaired) electrons. The first-order valence-corrected chi connectivity index (χ1v) is 8.10. The maximum absolute atomic E-state index is 12.0. The van der Waals surface area contributed by atoms with Crippen LogP contribution >= 0.6 is 0 Å². The number of allylic oxidation sites excluding steroid dienone is 1. The second kappa shape index (κ2) is 5.64. The number of hydrogen-bond acceptors (Lipinski definition) is 3. The summed E-state index contributed by atoms with van der Waals surface area (Å²) in [7, 11) is 0. The largest absolute Gasteiger partial charge is 0.481 e. The van der Waals surface area contributed by atoms with Gasteiger partial charge in [0.25, 0.3) is 0 Å². The van der Waals surface area contributed by atoms with Crippen LogP contribution in [0.25, 0.3) is 16.8 Å². The molecular weight excluding hydrogens is 302 g/mol. The molecule has 0 amide bonds. The number of anilines is 1. The van der Waals surface area contributed by atoms with E-state index in [0.717, 1.165) is 33.6 Å². The number of carboxylic acid groups (broad SMARTS) is 1. The van der Waals surface area contributed by atoms with E-state index in [2.05, 4.69) is 17.0 Å². The highest BCUT2D eigenvalue weighted by Gasteiger charge is 2.30. The number of aryl methyl sites for hydroxylation is 1. The molecule has 0 fully saturated rings. The molecule has 2 aliphatic rings. The first kappa shape index (κ1) is 14.7. The Morgan fingerprint density at radius 3 is 2.71 bits per heavy atom. The number of carboxylic acids is 1. The van der Waals surface area contributed by atoms with Gasteiger partial charge in [-0.2, -0.15) is 0 Å². The Balaban J connectivity index is 1.95. The van der Waals surface area contributed by atoms with E-state index in [1.165, 1.54) is 0 Å². The molecule has 0 saturated carbocycles. The molecule has 0 unspecified atom stereocenters. The molecule has 0 spiro atoms. The zero-order valence-electron chi connectivity index (χ0n) is 13.2. The summed E-state index contributed by atoms with van der Waals surface area (Å²) in [5, 5.41) is 9.03. The Hall–Kier alpha value is -2.88. The Kier molecular flexibility index (Phi) is 3.45. The SMILES string of the molecule is O=C(O)CCc1cccc2c1-c1ccccc1N1CCC(=O)C=C21. The van der Waals surface area contributed by atoms with Crippen LogP contribution < -0.4 is 4.90 Å². The maximum Gasteiger partial charge on any atom is 0.303 e. The van der Waals surface area contributed by atoms with Gasteiger partial charge >= 0.3 is 5.97 Å². The lowest BCUT2D eigenvalue weighted by Crippen LogP contribution is -2.32. The van der Waals surface area contributed by atoms with Crippen molar-refractivity contribution in [2.45, 2.75) is 19.3 Å². The fourth-order valence-corrected chi connectivity index (χ4v) is 3.62. The quantitative estimate of drug-likeness (QED) is 0.940. The highest BCUT2D eigenvalue weighted by atomic mass is 16.4. The van der Waals surface area contributed by atoms with E-state index in [9.17, 15) is 9.59 Å². The van der Waals surface area contributed by atoms with Crippen molar-refractivity contribution < 1.29 is 14.7 Å². The molecule has 4 rings (SSSR count). The summed E-state index contributed by atoms with van der Waals surface area (Å²) in [5.74, 6) is -0.659. The number of aliphatic carboxylic acids is 1. The first-order valence-electron chi connectivity index (χ1n) is 8.10. The Morgan fingerprint density at radius 2 is 1.88 bits per heavy atom. The normalized spacial score (nSPS) is 15.2. The molecule has 0 atom stereocenters. The summed E-state index contributed by atoms with van der Waals surface area (Å²) in [5.41, 5.74) is 6.22. The van der Waals surface area contributed by atoms with E-state index in [-0.39, 0.29) is 12.2 Å². The monoisotopic (exact) mass is 319 g/mol. The van der Waals surface area contributed by atoms with Gasteiger partial charge in [0.1, 0.15) is 0 Å². The number of nitrogens with zero attached hydrogens (tertiary/aromatic N) is 1. The summed E-state index contributed by atoms with van der Waals surface area (Å²) in [6.07, 6.45) is 2.82. The van der Waals surface area contributed by atoms with Crippen molar-refractivity contribution in [1.82, 2.24) is 0 Å². The number of hydrogen-bond donors (Lipinski definition) is 1. The van der Waals surface area contributed by atoms with E-state index in [1.807, 2.05) is 30.3 Å². The molecule has 0 aromatic heterocycles. The van der Waals surface area contributed by atoms with Crippen LogP contribution in [-0.2, 0) is 16.0 Å². The fourth-order valence-electron chi connectivity index (χ4n) is 3.62. The van der Waals surface area contributed by atoms with Gasteiger partial charge in [-0.15, -0.1) is 0 Å². The van der Waals surface area contributed by atoms with Crippen LogP contribution in [0.2, 0.25) is 0 Å². The lowest BCUT2D eigenvalue weighted by Gasteiger charge is -2.37. The average molecular weight is 319 g/mol. The first-order chi connectivity index (χ1) is 11.6. The van der Waals surface area contributed by atoms with Crippen molar-refractivity contribution in [3.05, 3.63) is 59.7 Å². The van der Waals surface area contributed by atoms with Gasteiger partial charge in [0.05, 0.1) is 5.70 Å². The third-order valence-electron chi connectivity index (χ3n) is 4.67. The van der Waals surface area contributed by atoms with Gasteiger partial charge < -0.3 is 10.0 Å². The summed E-state index contributed by atoms with van der Waals surface area (Å²) >= 11 is 0. The number of benzene rings is 2. The Morgan fingerprint density at radius 1 is 1.08 bits per heavy atom. The van der Waals surface area contributed by atoms with E-state index in [4.69, 9.17) is 5.11 Å². The summed E-state index contributed by atoms with van der Waals surface area (Å²) in [6, 6.07) is 14.1. The summed E-state index contributed by atoms with van der Waals surface area (Å²) in [6.45, 7) is 0.681. The van der Waals surface area contributed by atoms with Gasteiger partial charge in [-0.05, 0) is 23.6 Å². The van der Waals surface area contributed by atoms with E-state index in [0.29, 0.717) is 19.4 Å². The average Bonchev–Trinajstić information content (AvgIpc) is 2.59. The fraction of sp³-hybridized carbons (Fsp3) is 0.200. The summed E-state index contributed by atoms with van der Waals surface area (Å²) < 4.78 is 0. The Bertz CT molecular complexity index is 882. The third kappa shape index (κ3) is 2.31. The molecule has 2 heterocycles. The van der Waals surface area contributed by atoms with Crippen molar-refractivity contribution in [3.8, 4) is 11.1 Å². The van der Waals surface area contributed by atoms with Crippen molar-refractivity contribution in [2.75, 3.05) is 11.4 Å². The van der Waals surface area contributed by atoms with Crippen molar-refractivity contribution in [2.24, 2.45) is 0 Å². The van der Waals surface area contributed by atoms with E-state index in [1.54, 1.807) is 6.08 Å². The molecule has 2 aliphatic heterocycles. The van der Waals surface area contributed by atoms with Gasteiger partial charge in [0.2, 0.25) is 0 Å². The predicted octanol–water partition coefficient (Wildman–Crippen LogP) is 3.50. The van der Waals surface area contributed by atoms with Crippen molar-refractivity contribution in [3.63, 3.8) is 0 Å². The zero-order chi connectivity index (χ0) is 16.7. The smallest absolute Gasteiger partial charge is 0.303 e. The molecule has 0 bridgehead atoms. The number of ketones is 1. The van der Waals surface area contributed by atoms with Gasteiger partial charge in [-0.25, -0.2) is 0 Å². The van der Waals surface area contributed by atoms with E-state index < -0.39 is 5.97 Å². The molecule has 2 aromatic rings. The van der Waals surface area contributed by atoms with Crippen LogP contribution in [0, 0.1) is 0 Å². The van der Waals surface area contributed by atoms with E-state index >= 15 is 0 Å². The second-order valence-electron chi connectivity index (χ2n) is 6.15. The highest BCUT2D eigenvalue weighted by molar-refractivity contribution is 6.08. The lowest BCUT2D eigenvalue weighted by atomic mass is 9.84. The van der Waals surface area contributed by atoms with Crippen LogP contribution in [0.15, 0.2) is 48.5 Å². The number of carbonyl (C=O) groups is 2. The number of fused-ring (bicyclic) bond motifs is 6.